The summed E-state index contributed by atoms with van der Waals surface area (Å²) in [6.45, 7) is 1.53. The lowest BCUT2D eigenvalue weighted by Crippen LogP contribution is -2.21. The zero-order chi connectivity index (χ0) is 20.1. The van der Waals surface area contributed by atoms with Crippen LogP contribution < -0.4 is 10.6 Å². The van der Waals surface area contributed by atoms with Crippen LogP contribution in [0.1, 0.15) is 0 Å². The Morgan fingerprint density at radius 2 is 1.48 bits per heavy atom. The lowest BCUT2D eigenvalue weighted by Gasteiger charge is -2.15. The molecular formula is C19H17N3O6S. The van der Waals surface area contributed by atoms with Gasteiger partial charge in [-0.25, -0.2) is 4.98 Å². The largest absolute Gasteiger partial charge is 0.494 e. The summed E-state index contributed by atoms with van der Waals surface area (Å²) >= 11 is 1.30. The number of thiazole rings is 1. The fraction of sp³-hybridized carbons (Fsp3) is 0.211. The minimum Gasteiger partial charge on any atom is -0.494 e. The summed E-state index contributed by atoms with van der Waals surface area (Å²) in [6.07, 6.45) is 2.60. The Morgan fingerprint density at radius 1 is 0.862 bits per heavy atom. The van der Waals surface area contributed by atoms with Crippen LogP contribution in [0.2, 0.25) is 0 Å². The molecule has 0 fully saturated rings. The second-order valence-corrected chi connectivity index (χ2v) is 6.78. The van der Waals surface area contributed by atoms with Crippen molar-refractivity contribution >= 4 is 34.0 Å². The summed E-state index contributed by atoms with van der Waals surface area (Å²) in [5.74, 6) is -0.524. The van der Waals surface area contributed by atoms with Gasteiger partial charge in [-0.05, 0) is 12.1 Å². The number of carbonyl (C=O) groups excluding carboxylic acids is 2. The van der Waals surface area contributed by atoms with E-state index in [1.54, 1.807) is 12.1 Å². The van der Waals surface area contributed by atoms with E-state index in [4.69, 9.17) is 18.9 Å². The molecule has 29 heavy (non-hydrogen) atoms. The summed E-state index contributed by atoms with van der Waals surface area (Å²) < 4.78 is 20.6. The molecule has 0 saturated carbocycles. The van der Waals surface area contributed by atoms with Gasteiger partial charge < -0.3 is 24.3 Å². The van der Waals surface area contributed by atoms with Crippen LogP contribution in [0.5, 0.6) is 0 Å². The summed E-state index contributed by atoms with van der Waals surface area (Å²) in [4.78, 5) is 28.6. The summed E-state index contributed by atoms with van der Waals surface area (Å²) in [5.41, 5.74) is 2.15. The van der Waals surface area contributed by atoms with Crippen molar-refractivity contribution < 1.29 is 28.5 Å². The molecule has 2 amide bonds. The molecule has 0 radical (unpaired) electrons. The molecule has 0 bridgehead atoms. The lowest BCUT2D eigenvalue weighted by molar-refractivity contribution is -0.118. The number of carbonyl (C=O) groups is 2. The highest BCUT2D eigenvalue weighted by Crippen LogP contribution is 2.26. The van der Waals surface area contributed by atoms with Crippen LogP contribution in [0.4, 0.5) is 10.8 Å². The standard InChI is InChI=1S/C19H17N3O6S/c23-17(15-9-25-5-7-27-15)20-13-3-1-12(2-4-13)14-11-29-19(21-14)22-18(24)16-10-26-6-8-28-16/h1-4,9-11H,5-8H2,(H,20,23)(H,21,22,24). The van der Waals surface area contributed by atoms with E-state index in [1.165, 1.54) is 23.9 Å². The highest BCUT2D eigenvalue weighted by Gasteiger charge is 2.17. The Labute approximate surface area is 169 Å². The van der Waals surface area contributed by atoms with Crippen molar-refractivity contribution in [3.05, 3.63) is 53.7 Å². The molecule has 1 aromatic heterocycles. The first kappa shape index (κ1) is 18.8. The number of ether oxygens (including phenoxy) is 4. The van der Waals surface area contributed by atoms with Crippen LogP contribution in [-0.2, 0) is 28.5 Å². The van der Waals surface area contributed by atoms with E-state index >= 15 is 0 Å². The van der Waals surface area contributed by atoms with E-state index in [0.29, 0.717) is 42.9 Å². The summed E-state index contributed by atoms with van der Waals surface area (Å²) in [7, 11) is 0. The fourth-order valence-corrected chi connectivity index (χ4v) is 3.23. The Morgan fingerprint density at radius 3 is 2.07 bits per heavy atom. The normalized spacial score (nSPS) is 15.4. The maximum absolute atomic E-state index is 12.1. The Kier molecular flexibility index (Phi) is 5.61. The van der Waals surface area contributed by atoms with Gasteiger partial charge in [0, 0.05) is 16.6 Å². The first-order valence-electron chi connectivity index (χ1n) is 8.77. The van der Waals surface area contributed by atoms with E-state index in [2.05, 4.69) is 15.6 Å². The van der Waals surface area contributed by atoms with E-state index < -0.39 is 5.91 Å². The van der Waals surface area contributed by atoms with Crippen molar-refractivity contribution in [2.75, 3.05) is 37.1 Å². The average Bonchev–Trinajstić information content (AvgIpc) is 3.24. The first-order chi connectivity index (χ1) is 14.2. The number of nitrogens with one attached hydrogen (secondary N) is 2. The van der Waals surface area contributed by atoms with Crippen LogP contribution in [0.15, 0.2) is 53.7 Å². The van der Waals surface area contributed by atoms with Crippen LogP contribution in [-0.4, -0.2) is 43.2 Å². The van der Waals surface area contributed by atoms with Crippen molar-refractivity contribution in [2.24, 2.45) is 0 Å². The van der Waals surface area contributed by atoms with Gasteiger partial charge in [-0.3, -0.25) is 14.9 Å². The van der Waals surface area contributed by atoms with Gasteiger partial charge >= 0.3 is 0 Å². The number of anilines is 2. The van der Waals surface area contributed by atoms with Gasteiger partial charge in [0.25, 0.3) is 11.8 Å². The van der Waals surface area contributed by atoms with E-state index in [1.807, 2.05) is 17.5 Å². The molecule has 10 heteroatoms. The Balaban J connectivity index is 1.38. The van der Waals surface area contributed by atoms with Gasteiger partial charge in [0.05, 0.1) is 5.69 Å². The smallest absolute Gasteiger partial charge is 0.295 e. The number of nitrogens with zero attached hydrogens (tertiary/aromatic N) is 1. The SMILES string of the molecule is O=C(Nc1ccc(-c2csc(NC(=O)C3=COCCO3)n2)cc1)C1=COCCO1. The Bertz CT molecular complexity index is 967. The summed E-state index contributed by atoms with van der Waals surface area (Å²) in [6, 6.07) is 7.16. The van der Waals surface area contributed by atoms with Gasteiger partial charge in [-0.15, -0.1) is 11.3 Å². The third-order valence-corrected chi connectivity index (χ3v) is 4.67. The molecule has 9 nitrogen and oxygen atoms in total. The number of rotatable bonds is 5. The number of amides is 2. The molecule has 3 heterocycles. The van der Waals surface area contributed by atoms with Gasteiger partial charge in [0.1, 0.15) is 39.0 Å². The molecule has 0 unspecified atom stereocenters. The Hall–Kier alpha value is -3.53. The molecule has 2 aromatic rings. The number of hydrogen-bond acceptors (Lipinski definition) is 8. The second kappa shape index (κ2) is 8.65. The third kappa shape index (κ3) is 4.66. The lowest BCUT2D eigenvalue weighted by atomic mass is 10.1. The highest BCUT2D eigenvalue weighted by molar-refractivity contribution is 7.14. The maximum atomic E-state index is 12.1. The predicted octanol–water partition coefficient (Wildman–Crippen LogP) is 2.46. The van der Waals surface area contributed by atoms with E-state index in [9.17, 15) is 9.59 Å². The molecule has 2 N–H and O–H groups in total. The minimum absolute atomic E-state index is 0.121. The molecule has 0 aliphatic carbocycles. The van der Waals surface area contributed by atoms with Gasteiger partial charge in [-0.1, -0.05) is 12.1 Å². The van der Waals surface area contributed by atoms with E-state index in [-0.39, 0.29) is 17.4 Å². The molecule has 150 valence electrons. The molecule has 0 atom stereocenters. The zero-order valence-electron chi connectivity index (χ0n) is 15.2. The van der Waals surface area contributed by atoms with Crippen LogP contribution >= 0.6 is 11.3 Å². The van der Waals surface area contributed by atoms with Crippen molar-refractivity contribution in [1.82, 2.24) is 4.98 Å². The molecule has 2 aliphatic heterocycles. The third-order valence-electron chi connectivity index (χ3n) is 3.91. The van der Waals surface area contributed by atoms with Crippen LogP contribution in [0, 0.1) is 0 Å². The van der Waals surface area contributed by atoms with Gasteiger partial charge in [0.2, 0.25) is 11.5 Å². The quantitative estimate of drug-likeness (QED) is 0.772. The molecule has 2 aliphatic rings. The van der Waals surface area contributed by atoms with Crippen molar-refractivity contribution in [3.8, 4) is 11.3 Å². The van der Waals surface area contributed by atoms with Gasteiger partial charge in [0.15, 0.2) is 5.13 Å². The second-order valence-electron chi connectivity index (χ2n) is 5.93. The summed E-state index contributed by atoms with van der Waals surface area (Å²) in [5, 5.41) is 7.69. The zero-order valence-corrected chi connectivity index (χ0v) is 16.0. The molecule has 1 aromatic carbocycles. The fourth-order valence-electron chi connectivity index (χ4n) is 2.51. The number of hydrogen-bond donors (Lipinski definition) is 2. The minimum atomic E-state index is -0.410. The molecule has 4 rings (SSSR count). The number of aromatic nitrogens is 1. The van der Waals surface area contributed by atoms with Crippen molar-refractivity contribution in [2.45, 2.75) is 0 Å². The maximum Gasteiger partial charge on any atom is 0.295 e. The number of benzene rings is 1. The first-order valence-corrected chi connectivity index (χ1v) is 9.65. The molecular weight excluding hydrogens is 398 g/mol. The monoisotopic (exact) mass is 415 g/mol. The molecule has 0 saturated heterocycles. The molecule has 0 spiro atoms. The van der Waals surface area contributed by atoms with Crippen molar-refractivity contribution in [3.63, 3.8) is 0 Å². The van der Waals surface area contributed by atoms with Crippen LogP contribution in [0.3, 0.4) is 0 Å². The average molecular weight is 415 g/mol. The highest BCUT2D eigenvalue weighted by atomic mass is 32.1. The van der Waals surface area contributed by atoms with Crippen molar-refractivity contribution in [1.29, 1.82) is 0 Å². The van der Waals surface area contributed by atoms with Crippen LogP contribution in [0.25, 0.3) is 11.3 Å². The van der Waals surface area contributed by atoms with Gasteiger partial charge in [-0.2, -0.15) is 0 Å². The predicted molar refractivity (Wildman–Crippen MR) is 105 cm³/mol. The van der Waals surface area contributed by atoms with E-state index in [0.717, 1.165) is 5.56 Å². The topological polar surface area (TPSA) is 108 Å².